The van der Waals surface area contributed by atoms with Crippen molar-refractivity contribution in [2.45, 2.75) is 32.7 Å². The van der Waals surface area contributed by atoms with Gasteiger partial charge in [-0.2, -0.15) is 0 Å². The third-order valence-electron chi connectivity index (χ3n) is 2.70. The van der Waals surface area contributed by atoms with Gasteiger partial charge in [0, 0.05) is 0 Å². The molecule has 1 aliphatic rings. The van der Waals surface area contributed by atoms with E-state index in [0.717, 1.165) is 6.04 Å². The Labute approximate surface area is 58.3 Å². The average molecular weight is 128 g/mol. The molecule has 1 unspecified atom stereocenters. The van der Waals surface area contributed by atoms with Crippen LogP contribution in [0, 0.1) is 0 Å². The Kier molecular flexibility index (Phi) is 1.80. The van der Waals surface area contributed by atoms with Gasteiger partial charge in [0.25, 0.3) is 0 Å². The first-order valence-electron chi connectivity index (χ1n) is 4.03. The molecule has 1 heteroatoms. The van der Waals surface area contributed by atoms with Crippen LogP contribution in [-0.4, -0.2) is 30.7 Å². The van der Waals surface area contributed by atoms with Crippen LogP contribution >= 0.6 is 0 Å². The molecule has 0 amide bonds. The predicted molar refractivity (Wildman–Crippen MR) is 40.3 cm³/mol. The van der Waals surface area contributed by atoms with Gasteiger partial charge in [-0.05, 0) is 13.3 Å². The van der Waals surface area contributed by atoms with Crippen LogP contribution < -0.4 is 0 Å². The first-order valence-corrected chi connectivity index (χ1v) is 4.03. The summed E-state index contributed by atoms with van der Waals surface area (Å²) in [6.45, 7) is 7.48. The summed E-state index contributed by atoms with van der Waals surface area (Å²) in [6.07, 6.45) is 2.74. The second-order valence-corrected chi connectivity index (χ2v) is 3.56. The van der Waals surface area contributed by atoms with Gasteiger partial charge in [-0.25, -0.2) is 0 Å². The average Bonchev–Trinajstić information content (AvgIpc) is 2.50. The lowest BCUT2D eigenvalue weighted by molar-refractivity contribution is -0.804. The van der Waals surface area contributed by atoms with E-state index in [1.807, 2.05) is 0 Å². The molecule has 0 aromatic heterocycles. The van der Waals surface area contributed by atoms with Gasteiger partial charge in [-0.1, -0.05) is 13.3 Å². The van der Waals surface area contributed by atoms with Gasteiger partial charge >= 0.3 is 0 Å². The van der Waals surface area contributed by atoms with E-state index >= 15 is 0 Å². The van der Waals surface area contributed by atoms with Crippen molar-refractivity contribution >= 4 is 0 Å². The van der Waals surface area contributed by atoms with E-state index in [1.165, 1.54) is 30.4 Å². The Morgan fingerprint density at radius 1 is 1.44 bits per heavy atom. The summed E-state index contributed by atoms with van der Waals surface area (Å²) >= 11 is 0. The fourth-order valence-electron chi connectivity index (χ4n) is 1.33. The van der Waals surface area contributed by atoms with Crippen LogP contribution in [0.3, 0.4) is 0 Å². The van der Waals surface area contributed by atoms with E-state index in [4.69, 9.17) is 0 Å². The molecule has 1 atom stereocenters. The molecule has 1 aliphatic heterocycles. The molecule has 1 saturated heterocycles. The fourth-order valence-corrected chi connectivity index (χ4v) is 1.33. The molecule has 0 aliphatic carbocycles. The Balaban J connectivity index is 2.24. The van der Waals surface area contributed by atoms with E-state index in [1.54, 1.807) is 0 Å². The molecular weight excluding hydrogens is 110 g/mol. The van der Waals surface area contributed by atoms with Crippen molar-refractivity contribution in [2.24, 2.45) is 0 Å². The Morgan fingerprint density at radius 2 is 2.00 bits per heavy atom. The molecule has 0 spiro atoms. The van der Waals surface area contributed by atoms with Gasteiger partial charge in [-0.3, -0.25) is 0 Å². The van der Waals surface area contributed by atoms with Gasteiger partial charge < -0.3 is 4.48 Å². The highest BCUT2D eigenvalue weighted by molar-refractivity contribution is 4.60. The maximum absolute atomic E-state index is 2.37. The smallest absolute Gasteiger partial charge is 0.129 e. The quantitative estimate of drug-likeness (QED) is 0.400. The molecule has 54 valence electrons. The zero-order valence-electron chi connectivity index (χ0n) is 6.85. The van der Waals surface area contributed by atoms with Gasteiger partial charge in [-0.15, -0.1) is 0 Å². The molecular formula is C8H18N+. The molecule has 0 radical (unpaired) electrons. The number of hydrogen-bond donors (Lipinski definition) is 0. The predicted octanol–water partition coefficient (Wildman–Crippen LogP) is 1.64. The number of hydrogen-bond acceptors (Lipinski definition) is 0. The molecule has 0 N–H and O–H groups in total. The SMILES string of the molecule is CCCC(C)[N+]1(C)CC1. The highest BCUT2D eigenvalue weighted by atomic mass is 15.5. The van der Waals surface area contributed by atoms with Gasteiger partial charge in [0.2, 0.25) is 0 Å². The third-order valence-corrected chi connectivity index (χ3v) is 2.70. The van der Waals surface area contributed by atoms with Crippen molar-refractivity contribution in [1.82, 2.24) is 0 Å². The van der Waals surface area contributed by atoms with Crippen molar-refractivity contribution < 1.29 is 4.48 Å². The fraction of sp³-hybridized carbons (Fsp3) is 1.00. The van der Waals surface area contributed by atoms with Gasteiger partial charge in [0.15, 0.2) is 0 Å². The topological polar surface area (TPSA) is 0 Å². The summed E-state index contributed by atoms with van der Waals surface area (Å²) < 4.78 is 1.34. The number of rotatable bonds is 3. The van der Waals surface area contributed by atoms with E-state index in [0.29, 0.717) is 0 Å². The van der Waals surface area contributed by atoms with Crippen LogP contribution in [0.15, 0.2) is 0 Å². The van der Waals surface area contributed by atoms with E-state index < -0.39 is 0 Å². The molecule has 1 rings (SSSR count). The van der Waals surface area contributed by atoms with Crippen molar-refractivity contribution in [3.63, 3.8) is 0 Å². The Morgan fingerprint density at radius 3 is 2.33 bits per heavy atom. The lowest BCUT2D eigenvalue weighted by Crippen LogP contribution is -2.30. The minimum absolute atomic E-state index is 0.912. The van der Waals surface area contributed by atoms with Crippen LogP contribution in [-0.2, 0) is 0 Å². The lowest BCUT2D eigenvalue weighted by atomic mass is 10.2. The lowest BCUT2D eigenvalue weighted by Gasteiger charge is -2.19. The van der Waals surface area contributed by atoms with E-state index in [2.05, 4.69) is 20.9 Å². The first-order chi connectivity index (χ1) is 4.19. The van der Waals surface area contributed by atoms with Crippen LogP contribution in [0.5, 0.6) is 0 Å². The van der Waals surface area contributed by atoms with Crippen molar-refractivity contribution in [3.8, 4) is 0 Å². The van der Waals surface area contributed by atoms with Crippen molar-refractivity contribution in [1.29, 1.82) is 0 Å². The third kappa shape index (κ3) is 1.45. The normalized spacial score (nSPS) is 25.7. The first kappa shape index (κ1) is 7.07. The van der Waals surface area contributed by atoms with Crippen LogP contribution in [0.1, 0.15) is 26.7 Å². The number of likely N-dealkylation sites (N-methyl/N-ethyl adjacent to an activating group) is 1. The van der Waals surface area contributed by atoms with Crippen LogP contribution in [0.4, 0.5) is 0 Å². The highest BCUT2D eigenvalue weighted by Gasteiger charge is 2.41. The summed E-state index contributed by atoms with van der Waals surface area (Å²) in [5, 5.41) is 0. The molecule has 0 bridgehead atoms. The summed E-state index contributed by atoms with van der Waals surface area (Å²) in [5.74, 6) is 0. The van der Waals surface area contributed by atoms with Gasteiger partial charge in [0.05, 0.1) is 13.1 Å². The highest BCUT2D eigenvalue weighted by Crippen LogP contribution is 2.24. The summed E-state index contributed by atoms with van der Waals surface area (Å²) in [4.78, 5) is 0. The standard InChI is InChI=1S/C8H18N/c1-4-5-8(2)9(3)6-7-9/h8H,4-7H2,1-3H3/q+1. The van der Waals surface area contributed by atoms with Gasteiger partial charge in [0.1, 0.15) is 13.1 Å². The minimum Gasteiger partial charge on any atom is -0.315 e. The summed E-state index contributed by atoms with van der Waals surface area (Å²) in [5.41, 5.74) is 0. The van der Waals surface area contributed by atoms with Crippen molar-refractivity contribution in [2.75, 3.05) is 20.1 Å². The molecule has 0 aromatic carbocycles. The number of quaternary nitrogens is 1. The Bertz CT molecular complexity index is 94.7. The largest absolute Gasteiger partial charge is 0.315 e. The maximum atomic E-state index is 2.37. The van der Waals surface area contributed by atoms with E-state index in [-0.39, 0.29) is 0 Å². The summed E-state index contributed by atoms with van der Waals surface area (Å²) in [6, 6.07) is 0.912. The number of nitrogens with zero attached hydrogens (tertiary/aromatic N) is 1. The maximum Gasteiger partial charge on any atom is 0.129 e. The molecule has 0 aromatic rings. The zero-order chi connectivity index (χ0) is 6.91. The molecule has 9 heavy (non-hydrogen) atoms. The Hall–Kier alpha value is -0.0400. The zero-order valence-corrected chi connectivity index (χ0v) is 6.85. The minimum atomic E-state index is 0.912. The van der Waals surface area contributed by atoms with Crippen LogP contribution in [0.25, 0.3) is 0 Å². The van der Waals surface area contributed by atoms with Crippen LogP contribution in [0.2, 0.25) is 0 Å². The van der Waals surface area contributed by atoms with Crippen molar-refractivity contribution in [3.05, 3.63) is 0 Å². The molecule has 1 heterocycles. The monoisotopic (exact) mass is 128 g/mol. The second-order valence-electron chi connectivity index (χ2n) is 3.56. The summed E-state index contributed by atoms with van der Waals surface area (Å²) in [7, 11) is 2.36. The van der Waals surface area contributed by atoms with E-state index in [9.17, 15) is 0 Å². The molecule has 1 fully saturated rings. The molecule has 0 saturated carbocycles. The second kappa shape index (κ2) is 2.30. The molecule has 1 nitrogen and oxygen atoms in total.